The molecule has 0 spiro atoms. The van der Waals surface area contributed by atoms with Crippen LogP contribution in [0.15, 0.2) is 48.5 Å². The molecule has 2 rings (SSSR count). The van der Waals surface area contributed by atoms with Gasteiger partial charge in [0.25, 0.3) is 11.8 Å². The summed E-state index contributed by atoms with van der Waals surface area (Å²) in [6.07, 6.45) is 0. The number of rotatable bonds is 8. The molecule has 0 fully saturated rings. The SMILES string of the molecule is COc1ccc(C(=O)NCC(=O)OCC(=O)Nc2ccccc2C(C)C)cc1. The van der Waals surface area contributed by atoms with Crippen molar-refractivity contribution in [1.29, 1.82) is 0 Å². The second-order valence-electron chi connectivity index (χ2n) is 6.36. The number of hydrogen-bond donors (Lipinski definition) is 2. The third-order valence-electron chi connectivity index (χ3n) is 3.97. The Hall–Kier alpha value is -3.35. The summed E-state index contributed by atoms with van der Waals surface area (Å²) in [7, 11) is 1.53. The first-order valence-electron chi connectivity index (χ1n) is 8.87. The minimum Gasteiger partial charge on any atom is -0.497 e. The molecule has 0 radical (unpaired) electrons. The highest BCUT2D eigenvalue weighted by Crippen LogP contribution is 2.23. The molecule has 0 aliphatic carbocycles. The van der Waals surface area contributed by atoms with Gasteiger partial charge < -0.3 is 20.1 Å². The zero-order valence-corrected chi connectivity index (χ0v) is 16.2. The maximum Gasteiger partial charge on any atom is 0.325 e. The Balaban J connectivity index is 1.77. The van der Waals surface area contributed by atoms with Gasteiger partial charge in [0.1, 0.15) is 12.3 Å². The first-order chi connectivity index (χ1) is 13.4. The van der Waals surface area contributed by atoms with Crippen LogP contribution in [0.25, 0.3) is 0 Å². The van der Waals surface area contributed by atoms with E-state index in [0.29, 0.717) is 17.0 Å². The van der Waals surface area contributed by atoms with E-state index >= 15 is 0 Å². The van der Waals surface area contributed by atoms with Crippen LogP contribution in [0.5, 0.6) is 5.75 Å². The number of para-hydroxylation sites is 1. The summed E-state index contributed by atoms with van der Waals surface area (Å²) >= 11 is 0. The van der Waals surface area contributed by atoms with E-state index in [0.717, 1.165) is 5.56 Å². The fourth-order valence-electron chi connectivity index (χ4n) is 2.49. The molecular weight excluding hydrogens is 360 g/mol. The van der Waals surface area contributed by atoms with Crippen molar-refractivity contribution in [3.63, 3.8) is 0 Å². The molecule has 0 bridgehead atoms. The van der Waals surface area contributed by atoms with Gasteiger partial charge in [-0.25, -0.2) is 0 Å². The maximum absolute atomic E-state index is 12.0. The number of benzene rings is 2. The first-order valence-corrected chi connectivity index (χ1v) is 8.87. The highest BCUT2D eigenvalue weighted by atomic mass is 16.5. The zero-order chi connectivity index (χ0) is 20.5. The first kappa shape index (κ1) is 21.0. The lowest BCUT2D eigenvalue weighted by atomic mass is 10.0. The molecule has 0 aliphatic heterocycles. The summed E-state index contributed by atoms with van der Waals surface area (Å²) in [6, 6.07) is 13.9. The number of carbonyl (C=O) groups is 3. The van der Waals surface area contributed by atoms with Gasteiger partial charge in [0.15, 0.2) is 6.61 Å². The molecule has 0 saturated heterocycles. The average molecular weight is 384 g/mol. The topological polar surface area (TPSA) is 93.7 Å². The monoisotopic (exact) mass is 384 g/mol. The van der Waals surface area contributed by atoms with Crippen LogP contribution in [-0.4, -0.2) is 38.0 Å². The van der Waals surface area contributed by atoms with Gasteiger partial charge in [0.2, 0.25) is 0 Å². The number of amides is 2. The third-order valence-corrected chi connectivity index (χ3v) is 3.97. The molecule has 2 amide bonds. The molecule has 7 nitrogen and oxygen atoms in total. The number of carbonyl (C=O) groups excluding carboxylic acids is 3. The Morgan fingerprint density at radius 3 is 2.32 bits per heavy atom. The van der Waals surface area contributed by atoms with Crippen LogP contribution in [0.3, 0.4) is 0 Å². The van der Waals surface area contributed by atoms with Crippen LogP contribution in [0.4, 0.5) is 5.69 Å². The van der Waals surface area contributed by atoms with Crippen LogP contribution in [0.1, 0.15) is 35.7 Å². The van der Waals surface area contributed by atoms with E-state index in [4.69, 9.17) is 9.47 Å². The molecule has 2 aromatic carbocycles. The lowest BCUT2D eigenvalue weighted by Crippen LogP contribution is -2.32. The largest absolute Gasteiger partial charge is 0.497 e. The van der Waals surface area contributed by atoms with E-state index in [1.165, 1.54) is 7.11 Å². The molecule has 2 N–H and O–H groups in total. The summed E-state index contributed by atoms with van der Waals surface area (Å²) in [6.45, 7) is 3.29. The quantitative estimate of drug-likeness (QED) is 0.683. The van der Waals surface area contributed by atoms with Gasteiger partial charge in [-0.2, -0.15) is 0 Å². The minimum atomic E-state index is -0.700. The van der Waals surface area contributed by atoms with E-state index in [-0.39, 0.29) is 12.5 Å². The van der Waals surface area contributed by atoms with Crippen LogP contribution < -0.4 is 15.4 Å². The van der Waals surface area contributed by atoms with Crippen molar-refractivity contribution in [2.75, 3.05) is 25.6 Å². The Labute approximate surface area is 164 Å². The lowest BCUT2D eigenvalue weighted by molar-refractivity contribution is -0.146. The number of esters is 1. The molecule has 0 unspecified atom stereocenters. The van der Waals surface area contributed by atoms with E-state index in [2.05, 4.69) is 10.6 Å². The molecule has 0 aromatic heterocycles. The van der Waals surface area contributed by atoms with Gasteiger partial charge in [-0.3, -0.25) is 14.4 Å². The fraction of sp³-hybridized carbons (Fsp3) is 0.286. The van der Waals surface area contributed by atoms with E-state index < -0.39 is 24.4 Å². The van der Waals surface area contributed by atoms with Crippen LogP contribution >= 0.6 is 0 Å². The molecule has 2 aromatic rings. The van der Waals surface area contributed by atoms with Crippen molar-refractivity contribution in [2.24, 2.45) is 0 Å². The average Bonchev–Trinajstić information content (AvgIpc) is 2.70. The van der Waals surface area contributed by atoms with Crippen molar-refractivity contribution in [3.05, 3.63) is 59.7 Å². The third kappa shape index (κ3) is 6.12. The van der Waals surface area contributed by atoms with Gasteiger partial charge in [-0.05, 0) is 41.8 Å². The normalized spacial score (nSPS) is 10.3. The van der Waals surface area contributed by atoms with Crippen molar-refractivity contribution in [1.82, 2.24) is 5.32 Å². The molecule has 148 valence electrons. The molecule has 0 aliphatic rings. The van der Waals surface area contributed by atoms with E-state index in [1.807, 2.05) is 32.0 Å². The number of anilines is 1. The van der Waals surface area contributed by atoms with Crippen LogP contribution in [0, 0.1) is 0 Å². The number of nitrogens with one attached hydrogen (secondary N) is 2. The summed E-state index contributed by atoms with van der Waals surface area (Å²) in [5.41, 5.74) is 2.07. The second-order valence-corrected chi connectivity index (χ2v) is 6.36. The molecular formula is C21H24N2O5. The number of methoxy groups -OCH3 is 1. The minimum absolute atomic E-state index is 0.243. The van der Waals surface area contributed by atoms with Crippen LogP contribution in [-0.2, 0) is 14.3 Å². The standard InChI is InChI=1S/C21H24N2O5/c1-14(2)17-6-4-5-7-18(17)23-19(24)13-28-20(25)12-22-21(26)15-8-10-16(27-3)11-9-15/h4-11,14H,12-13H2,1-3H3,(H,22,26)(H,23,24). The van der Waals surface area contributed by atoms with Gasteiger partial charge in [-0.15, -0.1) is 0 Å². The molecule has 0 saturated carbocycles. The molecule has 7 heteroatoms. The smallest absolute Gasteiger partial charge is 0.325 e. The predicted molar refractivity (Wildman–Crippen MR) is 105 cm³/mol. The lowest BCUT2D eigenvalue weighted by Gasteiger charge is -2.13. The fourth-order valence-corrected chi connectivity index (χ4v) is 2.49. The number of hydrogen-bond acceptors (Lipinski definition) is 5. The van der Waals surface area contributed by atoms with Gasteiger partial charge in [-0.1, -0.05) is 32.0 Å². The summed E-state index contributed by atoms with van der Waals surface area (Å²) < 4.78 is 9.93. The predicted octanol–water partition coefficient (Wildman–Crippen LogP) is 2.73. The van der Waals surface area contributed by atoms with E-state index in [1.54, 1.807) is 30.3 Å². The Bertz CT molecular complexity index is 831. The summed E-state index contributed by atoms with van der Waals surface area (Å²) in [4.78, 5) is 35.8. The molecule has 28 heavy (non-hydrogen) atoms. The highest BCUT2D eigenvalue weighted by molar-refractivity contribution is 5.96. The zero-order valence-electron chi connectivity index (χ0n) is 16.2. The number of ether oxygens (including phenoxy) is 2. The van der Waals surface area contributed by atoms with Gasteiger partial charge in [0.05, 0.1) is 7.11 Å². The summed E-state index contributed by atoms with van der Waals surface area (Å²) in [5.74, 6) is -0.694. The molecule has 0 heterocycles. The second kappa shape index (κ2) is 10.1. The van der Waals surface area contributed by atoms with Crippen LogP contribution in [0.2, 0.25) is 0 Å². The van der Waals surface area contributed by atoms with Crippen molar-refractivity contribution >= 4 is 23.5 Å². The van der Waals surface area contributed by atoms with Crippen molar-refractivity contribution < 1.29 is 23.9 Å². The Morgan fingerprint density at radius 2 is 1.68 bits per heavy atom. The Morgan fingerprint density at radius 1 is 1.00 bits per heavy atom. The van der Waals surface area contributed by atoms with E-state index in [9.17, 15) is 14.4 Å². The van der Waals surface area contributed by atoms with Crippen molar-refractivity contribution in [2.45, 2.75) is 19.8 Å². The van der Waals surface area contributed by atoms with Crippen molar-refractivity contribution in [3.8, 4) is 5.75 Å². The van der Waals surface area contributed by atoms with Gasteiger partial charge >= 0.3 is 5.97 Å². The van der Waals surface area contributed by atoms with Gasteiger partial charge in [0, 0.05) is 11.3 Å². The highest BCUT2D eigenvalue weighted by Gasteiger charge is 2.13. The summed E-state index contributed by atoms with van der Waals surface area (Å²) in [5, 5.41) is 5.18. The maximum atomic E-state index is 12.0. The Kier molecular flexibility index (Phi) is 7.56. The molecule has 0 atom stereocenters.